The van der Waals surface area contributed by atoms with Crippen LogP contribution in [-0.2, 0) is 16.1 Å². The van der Waals surface area contributed by atoms with Gasteiger partial charge in [-0.25, -0.2) is 4.98 Å². The Bertz CT molecular complexity index is 423. The van der Waals surface area contributed by atoms with Gasteiger partial charge in [-0.1, -0.05) is 0 Å². The molecule has 1 amide bonds. The smallest absolute Gasteiger partial charge is 0.237 e. The quantitative estimate of drug-likeness (QED) is 0.752. The lowest BCUT2D eigenvalue weighted by molar-refractivity contribution is -0.129. The second-order valence-electron chi connectivity index (χ2n) is 4.39. The van der Waals surface area contributed by atoms with Gasteiger partial charge in [0.15, 0.2) is 0 Å². The maximum Gasteiger partial charge on any atom is 0.237 e. The molecule has 0 radical (unpaired) electrons. The number of rotatable bonds is 5. The second kappa shape index (κ2) is 6.44. The molecule has 2 heterocycles. The summed E-state index contributed by atoms with van der Waals surface area (Å²) in [4.78, 5) is 21.9. The summed E-state index contributed by atoms with van der Waals surface area (Å²) in [6.07, 6.45) is 3.41. The van der Waals surface area contributed by atoms with Crippen molar-refractivity contribution in [2.45, 2.75) is 19.5 Å². The van der Waals surface area contributed by atoms with E-state index in [0.717, 1.165) is 18.1 Å². The van der Waals surface area contributed by atoms with Crippen LogP contribution in [0, 0.1) is 0 Å². The number of aromatic nitrogens is 2. The molecule has 7 heteroatoms. The van der Waals surface area contributed by atoms with Gasteiger partial charge >= 0.3 is 0 Å². The Kier molecular flexibility index (Phi) is 4.64. The van der Waals surface area contributed by atoms with Gasteiger partial charge in [0.05, 0.1) is 31.3 Å². The molecule has 2 rings (SSSR count). The predicted molar refractivity (Wildman–Crippen MR) is 70.4 cm³/mol. The highest BCUT2D eigenvalue weighted by molar-refractivity contribution is 5.80. The summed E-state index contributed by atoms with van der Waals surface area (Å²) in [6, 6.07) is -0.385. The normalized spacial score (nSPS) is 20.2. The zero-order valence-corrected chi connectivity index (χ0v) is 11.0. The first-order chi connectivity index (χ1) is 9.20. The van der Waals surface area contributed by atoms with E-state index in [9.17, 15) is 4.79 Å². The monoisotopic (exact) mass is 265 g/mol. The minimum atomic E-state index is -0.385. The van der Waals surface area contributed by atoms with Gasteiger partial charge in [0.1, 0.15) is 11.9 Å². The number of hydrogen-bond donors (Lipinski definition) is 2. The van der Waals surface area contributed by atoms with Gasteiger partial charge in [0.2, 0.25) is 5.91 Å². The maximum atomic E-state index is 11.3. The fourth-order valence-electron chi connectivity index (χ4n) is 2.01. The summed E-state index contributed by atoms with van der Waals surface area (Å²) in [7, 11) is 0. The molecule has 0 aromatic carbocycles. The summed E-state index contributed by atoms with van der Waals surface area (Å²) in [5.41, 5.74) is 6.18. The Labute approximate surface area is 112 Å². The van der Waals surface area contributed by atoms with Crippen LogP contribution in [0.1, 0.15) is 12.6 Å². The zero-order chi connectivity index (χ0) is 13.7. The van der Waals surface area contributed by atoms with Crippen molar-refractivity contribution in [2.75, 3.05) is 31.6 Å². The van der Waals surface area contributed by atoms with Gasteiger partial charge in [-0.3, -0.25) is 14.7 Å². The highest BCUT2D eigenvalue weighted by Crippen LogP contribution is 2.11. The lowest BCUT2D eigenvalue weighted by Crippen LogP contribution is -2.51. The molecule has 7 nitrogen and oxygen atoms in total. The van der Waals surface area contributed by atoms with Crippen molar-refractivity contribution >= 4 is 11.7 Å². The molecule has 0 aliphatic carbocycles. The maximum absolute atomic E-state index is 11.3. The van der Waals surface area contributed by atoms with Crippen molar-refractivity contribution in [3.8, 4) is 0 Å². The number of nitrogens with zero attached hydrogens (tertiary/aromatic N) is 3. The molecule has 1 aromatic rings. The standard InChI is InChI=1S/C12H19N5O2/c1-2-14-11-6-15-9(5-16-11)7-17-3-4-19-8-10(17)12(13)18/h5-6,10H,2-4,7-8H2,1H3,(H2,13,18)(H,14,16). The number of nitrogens with two attached hydrogens (primary N) is 1. The van der Waals surface area contributed by atoms with Crippen molar-refractivity contribution in [3.05, 3.63) is 18.1 Å². The van der Waals surface area contributed by atoms with Crippen LogP contribution in [0.2, 0.25) is 0 Å². The molecule has 1 fully saturated rings. The minimum Gasteiger partial charge on any atom is -0.378 e. The number of carbonyl (C=O) groups is 1. The first kappa shape index (κ1) is 13.7. The van der Waals surface area contributed by atoms with E-state index in [1.807, 2.05) is 11.8 Å². The molecule has 0 saturated carbocycles. The van der Waals surface area contributed by atoms with E-state index in [4.69, 9.17) is 10.5 Å². The van der Waals surface area contributed by atoms with Crippen LogP contribution in [0.15, 0.2) is 12.4 Å². The lowest BCUT2D eigenvalue weighted by Gasteiger charge is -2.32. The van der Waals surface area contributed by atoms with Gasteiger partial charge in [0, 0.05) is 19.6 Å². The second-order valence-corrected chi connectivity index (χ2v) is 4.39. The summed E-state index contributed by atoms with van der Waals surface area (Å²) in [5, 5.41) is 3.08. The molecular formula is C12H19N5O2. The summed E-state index contributed by atoms with van der Waals surface area (Å²) >= 11 is 0. The first-order valence-corrected chi connectivity index (χ1v) is 6.36. The molecule has 0 spiro atoms. The number of ether oxygens (including phenoxy) is 1. The predicted octanol–water partition coefficient (Wildman–Crippen LogP) is -0.405. The molecule has 0 bridgehead atoms. The Balaban J connectivity index is 2.00. The number of carbonyl (C=O) groups excluding carboxylic acids is 1. The van der Waals surface area contributed by atoms with Crippen molar-refractivity contribution in [1.29, 1.82) is 0 Å². The average Bonchev–Trinajstić information content (AvgIpc) is 2.42. The molecular weight excluding hydrogens is 246 g/mol. The molecule has 3 N–H and O–H groups in total. The highest BCUT2D eigenvalue weighted by Gasteiger charge is 2.27. The number of hydrogen-bond acceptors (Lipinski definition) is 6. The minimum absolute atomic E-state index is 0.345. The number of amides is 1. The molecule has 104 valence electrons. The van der Waals surface area contributed by atoms with Gasteiger partial charge in [-0.2, -0.15) is 0 Å². The number of primary amides is 1. The summed E-state index contributed by atoms with van der Waals surface area (Å²) in [5.74, 6) is 0.386. The van der Waals surface area contributed by atoms with Crippen molar-refractivity contribution in [3.63, 3.8) is 0 Å². The third-order valence-electron chi connectivity index (χ3n) is 3.00. The van der Waals surface area contributed by atoms with E-state index >= 15 is 0 Å². The Hall–Kier alpha value is -1.73. The fraction of sp³-hybridized carbons (Fsp3) is 0.583. The molecule has 1 atom stereocenters. The first-order valence-electron chi connectivity index (χ1n) is 6.36. The van der Waals surface area contributed by atoms with Crippen LogP contribution in [0.4, 0.5) is 5.82 Å². The van der Waals surface area contributed by atoms with Crippen LogP contribution in [0.3, 0.4) is 0 Å². The largest absolute Gasteiger partial charge is 0.378 e. The van der Waals surface area contributed by atoms with Crippen LogP contribution in [0.25, 0.3) is 0 Å². The molecule has 1 unspecified atom stereocenters. The fourth-order valence-corrected chi connectivity index (χ4v) is 2.01. The van der Waals surface area contributed by atoms with Gasteiger partial charge in [0.25, 0.3) is 0 Å². The summed E-state index contributed by atoms with van der Waals surface area (Å²) in [6.45, 7) is 4.98. The van der Waals surface area contributed by atoms with E-state index in [-0.39, 0.29) is 11.9 Å². The van der Waals surface area contributed by atoms with Gasteiger partial charge < -0.3 is 15.8 Å². The number of anilines is 1. The van der Waals surface area contributed by atoms with Gasteiger partial charge in [-0.15, -0.1) is 0 Å². The Morgan fingerprint density at radius 3 is 3.05 bits per heavy atom. The molecule has 1 saturated heterocycles. The van der Waals surface area contributed by atoms with Gasteiger partial charge in [-0.05, 0) is 6.92 Å². The molecule has 1 aromatic heterocycles. The molecule has 1 aliphatic rings. The summed E-state index contributed by atoms with van der Waals surface area (Å²) < 4.78 is 5.27. The van der Waals surface area contributed by atoms with Crippen molar-refractivity contribution < 1.29 is 9.53 Å². The molecule has 1 aliphatic heterocycles. The van der Waals surface area contributed by atoms with Crippen LogP contribution >= 0.6 is 0 Å². The highest BCUT2D eigenvalue weighted by atomic mass is 16.5. The Morgan fingerprint density at radius 1 is 1.58 bits per heavy atom. The third-order valence-corrected chi connectivity index (χ3v) is 3.00. The van der Waals surface area contributed by atoms with Crippen LogP contribution in [0.5, 0.6) is 0 Å². The lowest BCUT2D eigenvalue weighted by atomic mass is 10.2. The zero-order valence-electron chi connectivity index (χ0n) is 11.0. The van der Waals surface area contributed by atoms with E-state index in [1.54, 1.807) is 12.4 Å². The third kappa shape index (κ3) is 3.62. The van der Waals surface area contributed by atoms with Crippen molar-refractivity contribution in [1.82, 2.24) is 14.9 Å². The molecule has 19 heavy (non-hydrogen) atoms. The Morgan fingerprint density at radius 2 is 2.42 bits per heavy atom. The topological polar surface area (TPSA) is 93.4 Å². The SMILES string of the molecule is CCNc1cnc(CN2CCOCC2C(N)=O)cn1. The van der Waals surface area contributed by atoms with E-state index < -0.39 is 0 Å². The van der Waals surface area contributed by atoms with Crippen molar-refractivity contribution in [2.24, 2.45) is 5.73 Å². The average molecular weight is 265 g/mol. The van der Waals surface area contributed by atoms with E-state index in [0.29, 0.717) is 26.3 Å². The van der Waals surface area contributed by atoms with E-state index in [1.165, 1.54) is 0 Å². The van der Waals surface area contributed by atoms with E-state index in [2.05, 4.69) is 15.3 Å². The van der Waals surface area contributed by atoms with Crippen LogP contribution in [-0.4, -0.2) is 53.1 Å². The number of nitrogens with one attached hydrogen (secondary N) is 1. The number of morpholine rings is 1. The van der Waals surface area contributed by atoms with Crippen LogP contribution < -0.4 is 11.1 Å².